The summed E-state index contributed by atoms with van der Waals surface area (Å²) in [7, 11) is 0. The third-order valence-corrected chi connectivity index (χ3v) is 2.43. The standard InChI is InChI=1S/C11H12N2O2/c1-7-10(14)13-9(11(15)12-7)8-5-3-2-4-6-8/h2-7,9H,1H3,(H,12,15)(H,13,14)/t7-,9+/m1/s1. The Hall–Kier alpha value is -1.84. The van der Waals surface area contributed by atoms with E-state index in [1.807, 2.05) is 30.3 Å². The van der Waals surface area contributed by atoms with E-state index in [9.17, 15) is 9.59 Å². The van der Waals surface area contributed by atoms with E-state index in [-0.39, 0.29) is 11.8 Å². The van der Waals surface area contributed by atoms with Crippen LogP contribution in [0.15, 0.2) is 30.3 Å². The molecule has 1 aliphatic rings. The second kappa shape index (κ2) is 3.73. The van der Waals surface area contributed by atoms with Gasteiger partial charge < -0.3 is 10.6 Å². The van der Waals surface area contributed by atoms with E-state index in [1.54, 1.807) is 6.92 Å². The Morgan fingerprint density at radius 3 is 2.33 bits per heavy atom. The van der Waals surface area contributed by atoms with Crippen molar-refractivity contribution in [3.05, 3.63) is 35.9 Å². The molecule has 78 valence electrons. The lowest BCUT2D eigenvalue weighted by Gasteiger charge is -2.27. The monoisotopic (exact) mass is 204 g/mol. The van der Waals surface area contributed by atoms with E-state index in [2.05, 4.69) is 10.6 Å². The predicted molar refractivity (Wildman–Crippen MR) is 54.9 cm³/mol. The molecule has 1 saturated heterocycles. The van der Waals surface area contributed by atoms with Crippen LogP contribution < -0.4 is 10.6 Å². The molecule has 0 aromatic heterocycles. The number of carbonyl (C=O) groups excluding carboxylic acids is 2. The molecule has 15 heavy (non-hydrogen) atoms. The summed E-state index contributed by atoms with van der Waals surface area (Å²) in [5.41, 5.74) is 0.801. The first-order valence-corrected chi connectivity index (χ1v) is 4.84. The highest BCUT2D eigenvalue weighted by Gasteiger charge is 2.31. The fraction of sp³-hybridized carbons (Fsp3) is 0.273. The molecule has 1 heterocycles. The molecule has 0 aliphatic carbocycles. The maximum absolute atomic E-state index is 11.6. The van der Waals surface area contributed by atoms with Gasteiger partial charge in [-0.25, -0.2) is 0 Å². The van der Waals surface area contributed by atoms with Gasteiger partial charge in [0.15, 0.2) is 0 Å². The second-order valence-electron chi connectivity index (χ2n) is 3.58. The van der Waals surface area contributed by atoms with E-state index in [1.165, 1.54) is 0 Å². The van der Waals surface area contributed by atoms with E-state index < -0.39 is 12.1 Å². The summed E-state index contributed by atoms with van der Waals surface area (Å²) in [6, 6.07) is 8.18. The van der Waals surface area contributed by atoms with Crippen LogP contribution in [0.4, 0.5) is 0 Å². The maximum Gasteiger partial charge on any atom is 0.247 e. The summed E-state index contributed by atoms with van der Waals surface area (Å²) in [5.74, 6) is -0.309. The van der Waals surface area contributed by atoms with Gasteiger partial charge in [-0.1, -0.05) is 30.3 Å². The first-order valence-electron chi connectivity index (χ1n) is 4.84. The Morgan fingerprint density at radius 2 is 1.67 bits per heavy atom. The Balaban J connectivity index is 2.24. The third-order valence-electron chi connectivity index (χ3n) is 2.43. The summed E-state index contributed by atoms with van der Waals surface area (Å²) in [6.07, 6.45) is 0. The van der Waals surface area contributed by atoms with Crippen LogP contribution in [0, 0.1) is 0 Å². The molecule has 1 aliphatic heterocycles. The van der Waals surface area contributed by atoms with Gasteiger partial charge in [0.1, 0.15) is 12.1 Å². The van der Waals surface area contributed by atoms with E-state index in [4.69, 9.17) is 0 Å². The number of nitrogens with one attached hydrogen (secondary N) is 2. The van der Waals surface area contributed by atoms with Crippen molar-refractivity contribution >= 4 is 11.8 Å². The zero-order valence-electron chi connectivity index (χ0n) is 8.36. The van der Waals surface area contributed by atoms with Crippen LogP contribution >= 0.6 is 0 Å². The van der Waals surface area contributed by atoms with Crippen LogP contribution in [0.2, 0.25) is 0 Å². The molecule has 0 spiro atoms. The van der Waals surface area contributed by atoms with Gasteiger partial charge in [0.2, 0.25) is 11.8 Å². The molecule has 0 saturated carbocycles. The number of carbonyl (C=O) groups is 2. The van der Waals surface area contributed by atoms with E-state index in [0.29, 0.717) is 0 Å². The smallest absolute Gasteiger partial charge is 0.247 e. The van der Waals surface area contributed by atoms with Crippen molar-refractivity contribution in [1.29, 1.82) is 0 Å². The molecule has 0 bridgehead atoms. The zero-order chi connectivity index (χ0) is 10.8. The van der Waals surface area contributed by atoms with Crippen molar-refractivity contribution in [2.24, 2.45) is 0 Å². The molecule has 0 unspecified atom stereocenters. The van der Waals surface area contributed by atoms with Gasteiger partial charge in [0, 0.05) is 0 Å². The van der Waals surface area contributed by atoms with Crippen LogP contribution in [0.5, 0.6) is 0 Å². The van der Waals surface area contributed by atoms with Crippen molar-refractivity contribution in [2.45, 2.75) is 19.0 Å². The first-order chi connectivity index (χ1) is 7.18. The third kappa shape index (κ3) is 1.83. The largest absolute Gasteiger partial charge is 0.342 e. The Morgan fingerprint density at radius 1 is 1.00 bits per heavy atom. The number of amides is 2. The van der Waals surface area contributed by atoms with Crippen molar-refractivity contribution in [3.8, 4) is 0 Å². The lowest BCUT2D eigenvalue weighted by atomic mass is 10.0. The summed E-state index contributed by atoms with van der Waals surface area (Å²) >= 11 is 0. The van der Waals surface area contributed by atoms with Crippen molar-refractivity contribution in [3.63, 3.8) is 0 Å². The minimum absolute atomic E-state index is 0.150. The molecular weight excluding hydrogens is 192 g/mol. The highest BCUT2D eigenvalue weighted by molar-refractivity contribution is 5.97. The molecule has 4 heteroatoms. The predicted octanol–water partition coefficient (Wildman–Crippen LogP) is 0.362. The topological polar surface area (TPSA) is 58.2 Å². The van der Waals surface area contributed by atoms with Crippen LogP contribution in [0.3, 0.4) is 0 Å². The average Bonchev–Trinajstić information content (AvgIpc) is 2.25. The lowest BCUT2D eigenvalue weighted by Crippen LogP contribution is -2.56. The molecule has 0 radical (unpaired) electrons. The number of benzene rings is 1. The van der Waals surface area contributed by atoms with Gasteiger partial charge >= 0.3 is 0 Å². The highest BCUT2D eigenvalue weighted by Crippen LogP contribution is 2.15. The number of rotatable bonds is 1. The highest BCUT2D eigenvalue weighted by atomic mass is 16.2. The van der Waals surface area contributed by atoms with Gasteiger partial charge in [-0.05, 0) is 12.5 Å². The Bertz CT molecular complexity index is 389. The zero-order valence-corrected chi connectivity index (χ0v) is 8.36. The quantitative estimate of drug-likeness (QED) is 0.694. The molecule has 2 atom stereocenters. The van der Waals surface area contributed by atoms with E-state index >= 15 is 0 Å². The van der Waals surface area contributed by atoms with Gasteiger partial charge in [0.05, 0.1) is 0 Å². The molecule has 2 amide bonds. The Labute approximate surface area is 87.7 Å². The first kappa shape index (κ1) is 9.71. The molecule has 1 fully saturated rings. The van der Waals surface area contributed by atoms with Gasteiger partial charge in [-0.2, -0.15) is 0 Å². The fourth-order valence-corrected chi connectivity index (χ4v) is 1.58. The lowest BCUT2D eigenvalue weighted by molar-refractivity contribution is -0.136. The van der Waals surface area contributed by atoms with Crippen LogP contribution in [-0.4, -0.2) is 17.9 Å². The number of hydrogen-bond donors (Lipinski definition) is 2. The van der Waals surface area contributed by atoms with E-state index in [0.717, 1.165) is 5.56 Å². The minimum atomic E-state index is -0.560. The average molecular weight is 204 g/mol. The van der Waals surface area contributed by atoms with Crippen molar-refractivity contribution in [1.82, 2.24) is 10.6 Å². The molecule has 1 aromatic carbocycles. The maximum atomic E-state index is 11.6. The summed E-state index contributed by atoms with van der Waals surface area (Å²) in [6.45, 7) is 1.66. The SMILES string of the molecule is C[C@H]1NC(=O)[C@H](c2ccccc2)NC1=O. The molecule has 1 aromatic rings. The molecule has 4 nitrogen and oxygen atoms in total. The van der Waals surface area contributed by atoms with Gasteiger partial charge in [-0.15, -0.1) is 0 Å². The fourth-order valence-electron chi connectivity index (χ4n) is 1.58. The Kier molecular flexibility index (Phi) is 2.41. The second-order valence-corrected chi connectivity index (χ2v) is 3.58. The summed E-state index contributed by atoms with van der Waals surface area (Å²) < 4.78 is 0. The number of hydrogen-bond acceptors (Lipinski definition) is 2. The molecular formula is C11H12N2O2. The van der Waals surface area contributed by atoms with Crippen LogP contribution in [0.1, 0.15) is 18.5 Å². The van der Waals surface area contributed by atoms with Gasteiger partial charge in [0.25, 0.3) is 0 Å². The van der Waals surface area contributed by atoms with Crippen LogP contribution in [0.25, 0.3) is 0 Å². The molecule has 2 N–H and O–H groups in total. The van der Waals surface area contributed by atoms with Gasteiger partial charge in [-0.3, -0.25) is 9.59 Å². The number of piperazine rings is 1. The van der Waals surface area contributed by atoms with Crippen LogP contribution in [-0.2, 0) is 9.59 Å². The normalized spacial score (nSPS) is 25.7. The minimum Gasteiger partial charge on any atom is -0.342 e. The molecule has 2 rings (SSSR count). The van der Waals surface area contributed by atoms with Crippen molar-refractivity contribution in [2.75, 3.05) is 0 Å². The van der Waals surface area contributed by atoms with Crippen molar-refractivity contribution < 1.29 is 9.59 Å². The summed E-state index contributed by atoms with van der Waals surface area (Å²) in [4.78, 5) is 23.0. The summed E-state index contributed by atoms with van der Waals surface area (Å²) in [5, 5.41) is 5.31.